The lowest BCUT2D eigenvalue weighted by Crippen LogP contribution is -2.02. The van der Waals surface area contributed by atoms with Crippen LogP contribution in [0.5, 0.6) is 11.5 Å². The van der Waals surface area contributed by atoms with Crippen molar-refractivity contribution in [3.63, 3.8) is 0 Å². The van der Waals surface area contributed by atoms with Crippen molar-refractivity contribution in [2.45, 2.75) is 13.2 Å². The molecular weight excluding hydrogens is 388 g/mol. The van der Waals surface area contributed by atoms with Crippen LogP contribution >= 0.6 is 27.3 Å². The van der Waals surface area contributed by atoms with Crippen molar-refractivity contribution in [3.05, 3.63) is 69.6 Å². The summed E-state index contributed by atoms with van der Waals surface area (Å²) in [6, 6.07) is 14.0. The smallest absolute Gasteiger partial charge is 0.182 e. The minimum atomic E-state index is 0.500. The molecule has 0 aliphatic rings. The number of halogens is 1. The van der Waals surface area contributed by atoms with Gasteiger partial charge in [0.2, 0.25) is 0 Å². The monoisotopic (exact) mass is 404 g/mol. The average molecular weight is 405 g/mol. The Morgan fingerprint density at radius 3 is 2.71 bits per heavy atom. The lowest BCUT2D eigenvalue weighted by molar-refractivity contribution is 0.284. The van der Waals surface area contributed by atoms with E-state index in [1.807, 2.05) is 47.8 Å². The van der Waals surface area contributed by atoms with Gasteiger partial charge in [0.05, 0.1) is 7.11 Å². The summed E-state index contributed by atoms with van der Waals surface area (Å²) in [6.07, 6.45) is 1.78. The molecule has 0 saturated carbocycles. The minimum absolute atomic E-state index is 0.500. The number of hydrogen-bond acceptors (Lipinski definition) is 5. The average Bonchev–Trinajstić information content (AvgIpc) is 3.13. The molecule has 0 unspecified atom stereocenters. The van der Waals surface area contributed by atoms with Gasteiger partial charge in [-0.25, -0.2) is 4.98 Å². The summed E-state index contributed by atoms with van der Waals surface area (Å²) in [5.41, 5.74) is 2.19. The first-order chi connectivity index (χ1) is 11.8. The van der Waals surface area contributed by atoms with E-state index in [-0.39, 0.29) is 0 Å². The third-order valence-corrected chi connectivity index (χ3v) is 4.90. The zero-order valence-electron chi connectivity index (χ0n) is 13.2. The third-order valence-electron chi connectivity index (χ3n) is 3.43. The van der Waals surface area contributed by atoms with Crippen LogP contribution in [-0.4, -0.2) is 12.1 Å². The second kappa shape index (κ2) is 8.17. The highest BCUT2D eigenvalue weighted by molar-refractivity contribution is 9.10. The Labute approximate surface area is 153 Å². The Morgan fingerprint density at radius 2 is 2.00 bits per heavy atom. The van der Waals surface area contributed by atoms with Crippen molar-refractivity contribution < 1.29 is 9.47 Å². The van der Waals surface area contributed by atoms with Crippen molar-refractivity contribution in [1.82, 2.24) is 4.98 Å². The SMILES string of the molecule is COc1cc(CNc2nccs2)c(Br)cc1OCc1ccccc1. The van der Waals surface area contributed by atoms with Crippen molar-refractivity contribution in [1.29, 1.82) is 0 Å². The lowest BCUT2D eigenvalue weighted by Gasteiger charge is -2.14. The number of hydrogen-bond donors (Lipinski definition) is 1. The molecule has 0 saturated heterocycles. The first-order valence-corrected chi connectivity index (χ1v) is 9.10. The molecular formula is C18H17BrN2O2S. The maximum atomic E-state index is 5.91. The van der Waals surface area contributed by atoms with Crippen molar-refractivity contribution in [2.24, 2.45) is 0 Å². The van der Waals surface area contributed by atoms with Crippen LogP contribution in [-0.2, 0) is 13.2 Å². The van der Waals surface area contributed by atoms with Gasteiger partial charge in [0, 0.05) is 22.6 Å². The molecule has 0 atom stereocenters. The second-order valence-electron chi connectivity index (χ2n) is 5.06. The number of benzene rings is 2. The van der Waals surface area contributed by atoms with Gasteiger partial charge in [0.15, 0.2) is 16.6 Å². The van der Waals surface area contributed by atoms with Crippen molar-refractivity contribution in [2.75, 3.05) is 12.4 Å². The number of nitrogens with zero attached hydrogens (tertiary/aromatic N) is 1. The fraction of sp³-hybridized carbons (Fsp3) is 0.167. The number of anilines is 1. The summed E-state index contributed by atoms with van der Waals surface area (Å²) in [4.78, 5) is 4.22. The molecule has 0 aliphatic carbocycles. The van der Waals surface area contributed by atoms with E-state index in [1.165, 1.54) is 0 Å². The number of ether oxygens (including phenoxy) is 2. The van der Waals surface area contributed by atoms with E-state index in [1.54, 1.807) is 24.6 Å². The molecule has 3 aromatic rings. The van der Waals surface area contributed by atoms with Gasteiger partial charge < -0.3 is 14.8 Å². The van der Waals surface area contributed by atoms with Gasteiger partial charge in [-0.1, -0.05) is 46.3 Å². The standard InChI is InChI=1S/C18H17BrN2O2S/c1-22-16-9-14(11-21-18-20-7-8-24-18)15(19)10-17(16)23-12-13-5-3-2-4-6-13/h2-10H,11-12H2,1H3,(H,20,21). The van der Waals surface area contributed by atoms with E-state index < -0.39 is 0 Å². The molecule has 0 fully saturated rings. The molecule has 124 valence electrons. The second-order valence-corrected chi connectivity index (χ2v) is 6.81. The van der Waals surface area contributed by atoms with Crippen LogP contribution in [0.25, 0.3) is 0 Å². The van der Waals surface area contributed by atoms with Crippen molar-refractivity contribution in [3.8, 4) is 11.5 Å². The summed E-state index contributed by atoms with van der Waals surface area (Å²) in [5, 5.41) is 6.13. The fourth-order valence-corrected chi connectivity index (χ4v) is 3.19. The Balaban J connectivity index is 1.72. The number of rotatable bonds is 7. The molecule has 1 aromatic heterocycles. The number of nitrogens with one attached hydrogen (secondary N) is 1. The highest BCUT2D eigenvalue weighted by Gasteiger charge is 2.11. The van der Waals surface area contributed by atoms with Gasteiger partial charge in [-0.2, -0.15) is 0 Å². The van der Waals surface area contributed by atoms with E-state index >= 15 is 0 Å². The van der Waals surface area contributed by atoms with Crippen LogP contribution in [0, 0.1) is 0 Å². The van der Waals surface area contributed by atoms with Crippen LogP contribution in [0.4, 0.5) is 5.13 Å². The summed E-state index contributed by atoms with van der Waals surface area (Å²) in [7, 11) is 1.65. The highest BCUT2D eigenvalue weighted by atomic mass is 79.9. The van der Waals surface area contributed by atoms with E-state index in [4.69, 9.17) is 9.47 Å². The van der Waals surface area contributed by atoms with Crippen LogP contribution in [0.2, 0.25) is 0 Å². The molecule has 3 rings (SSSR count). The normalized spacial score (nSPS) is 10.4. The quantitative estimate of drug-likeness (QED) is 0.594. The maximum Gasteiger partial charge on any atom is 0.182 e. The van der Waals surface area contributed by atoms with Gasteiger partial charge in [-0.05, 0) is 23.3 Å². The summed E-state index contributed by atoms with van der Waals surface area (Å²) in [5.74, 6) is 1.43. The van der Waals surface area contributed by atoms with E-state index in [9.17, 15) is 0 Å². The van der Waals surface area contributed by atoms with Gasteiger partial charge in [-0.3, -0.25) is 0 Å². The highest BCUT2D eigenvalue weighted by Crippen LogP contribution is 2.34. The van der Waals surface area contributed by atoms with E-state index in [0.29, 0.717) is 24.7 Å². The predicted octanol–water partition coefficient (Wildman–Crippen LogP) is 5.11. The van der Waals surface area contributed by atoms with Gasteiger partial charge in [-0.15, -0.1) is 11.3 Å². The molecule has 0 amide bonds. The molecule has 6 heteroatoms. The maximum absolute atomic E-state index is 5.91. The van der Waals surface area contributed by atoms with Gasteiger partial charge in [0.1, 0.15) is 6.61 Å². The molecule has 2 aromatic carbocycles. The van der Waals surface area contributed by atoms with Crippen LogP contribution in [0.1, 0.15) is 11.1 Å². The molecule has 0 aliphatic heterocycles. The largest absolute Gasteiger partial charge is 0.493 e. The van der Waals surface area contributed by atoms with Gasteiger partial charge in [0.25, 0.3) is 0 Å². The third kappa shape index (κ3) is 4.27. The zero-order valence-corrected chi connectivity index (χ0v) is 15.6. The van der Waals surface area contributed by atoms with Crippen molar-refractivity contribution >= 4 is 32.4 Å². The fourth-order valence-electron chi connectivity index (χ4n) is 2.20. The molecule has 0 bridgehead atoms. The minimum Gasteiger partial charge on any atom is -0.493 e. The van der Waals surface area contributed by atoms with Crippen LogP contribution in [0.3, 0.4) is 0 Å². The molecule has 0 spiro atoms. The van der Waals surface area contributed by atoms with E-state index in [2.05, 4.69) is 26.2 Å². The number of aromatic nitrogens is 1. The summed E-state index contributed by atoms with van der Waals surface area (Å²) >= 11 is 5.18. The van der Waals surface area contributed by atoms with E-state index in [0.717, 1.165) is 20.7 Å². The zero-order chi connectivity index (χ0) is 16.8. The Hall–Kier alpha value is -2.05. The number of thiazole rings is 1. The first-order valence-electron chi connectivity index (χ1n) is 7.43. The molecule has 24 heavy (non-hydrogen) atoms. The molecule has 1 N–H and O–H groups in total. The molecule has 0 radical (unpaired) electrons. The lowest BCUT2D eigenvalue weighted by atomic mass is 10.2. The Bertz CT molecular complexity index is 779. The topological polar surface area (TPSA) is 43.4 Å². The Morgan fingerprint density at radius 1 is 1.17 bits per heavy atom. The van der Waals surface area contributed by atoms with Crippen LogP contribution < -0.4 is 14.8 Å². The number of methoxy groups -OCH3 is 1. The van der Waals surface area contributed by atoms with Gasteiger partial charge >= 0.3 is 0 Å². The molecule has 4 nitrogen and oxygen atoms in total. The first kappa shape index (κ1) is 16.8. The Kier molecular flexibility index (Phi) is 5.72. The summed E-state index contributed by atoms with van der Waals surface area (Å²) in [6.45, 7) is 1.16. The van der Waals surface area contributed by atoms with Crippen LogP contribution in [0.15, 0.2) is 58.5 Å². The summed E-state index contributed by atoms with van der Waals surface area (Å²) < 4.78 is 12.4. The molecule has 1 heterocycles. The predicted molar refractivity (Wildman–Crippen MR) is 101 cm³/mol.